The van der Waals surface area contributed by atoms with Gasteiger partial charge in [-0.15, -0.1) is 0 Å². The first-order valence-corrected chi connectivity index (χ1v) is 6.00. The van der Waals surface area contributed by atoms with Crippen molar-refractivity contribution in [3.63, 3.8) is 0 Å². The van der Waals surface area contributed by atoms with Crippen molar-refractivity contribution in [1.29, 1.82) is 0 Å². The molecule has 0 unspecified atom stereocenters. The quantitative estimate of drug-likeness (QED) is 0.753. The van der Waals surface area contributed by atoms with Crippen LogP contribution in [0.15, 0.2) is 10.8 Å². The van der Waals surface area contributed by atoms with Gasteiger partial charge in [0.1, 0.15) is 22.4 Å². The summed E-state index contributed by atoms with van der Waals surface area (Å²) in [5, 5.41) is 6.24. The first-order chi connectivity index (χ1) is 7.79. The van der Waals surface area contributed by atoms with E-state index in [2.05, 4.69) is 36.5 Å². The average molecular weight is 289 g/mol. The molecule has 90 valence electrons. The van der Waals surface area contributed by atoms with Crippen molar-refractivity contribution in [3.05, 3.63) is 10.8 Å². The van der Waals surface area contributed by atoms with E-state index < -0.39 is 0 Å². The molecule has 1 aromatic rings. The Morgan fingerprint density at radius 1 is 1.31 bits per heavy atom. The van der Waals surface area contributed by atoms with E-state index in [1.165, 1.54) is 6.33 Å². The van der Waals surface area contributed by atoms with Crippen LogP contribution in [0, 0.1) is 0 Å². The zero-order valence-electron chi connectivity index (χ0n) is 9.59. The highest BCUT2D eigenvalue weighted by Gasteiger charge is 2.05. The maximum atomic E-state index is 4.98. The van der Waals surface area contributed by atoms with Crippen LogP contribution >= 0.6 is 15.9 Å². The highest BCUT2D eigenvalue weighted by atomic mass is 79.9. The number of methoxy groups -OCH3 is 1. The Morgan fingerprint density at radius 3 is 2.75 bits per heavy atom. The normalized spacial score (nSPS) is 10.2. The summed E-state index contributed by atoms with van der Waals surface area (Å²) in [6, 6.07) is 0. The number of hydrogen-bond donors (Lipinski definition) is 2. The van der Waals surface area contributed by atoms with Crippen molar-refractivity contribution < 1.29 is 4.74 Å². The van der Waals surface area contributed by atoms with Crippen LogP contribution in [0.25, 0.3) is 0 Å². The Bertz CT molecular complexity index is 322. The summed E-state index contributed by atoms with van der Waals surface area (Å²) in [5.74, 6) is 1.60. The Morgan fingerprint density at radius 2 is 2.06 bits per heavy atom. The van der Waals surface area contributed by atoms with Crippen molar-refractivity contribution in [2.75, 3.05) is 37.9 Å². The topological polar surface area (TPSA) is 59.1 Å². The molecule has 0 aliphatic carbocycles. The number of unbranched alkanes of at least 4 members (excludes halogenated alkanes) is 1. The molecule has 2 N–H and O–H groups in total. The number of nitrogens with zero attached hydrogens (tertiary/aromatic N) is 2. The minimum atomic E-state index is 0.786. The van der Waals surface area contributed by atoms with Crippen LogP contribution in [-0.2, 0) is 4.74 Å². The summed E-state index contributed by atoms with van der Waals surface area (Å²) >= 11 is 3.45. The second kappa shape index (κ2) is 7.40. The minimum Gasteiger partial charge on any atom is -0.385 e. The van der Waals surface area contributed by atoms with Gasteiger partial charge in [0.2, 0.25) is 0 Å². The molecule has 1 rings (SSSR count). The van der Waals surface area contributed by atoms with E-state index in [4.69, 9.17) is 4.74 Å². The van der Waals surface area contributed by atoms with E-state index in [0.29, 0.717) is 0 Å². The summed E-state index contributed by atoms with van der Waals surface area (Å²) in [5.41, 5.74) is 0. The largest absolute Gasteiger partial charge is 0.385 e. The number of aromatic nitrogens is 2. The standard InChI is InChI=1S/C10H17BrN4O/c1-12-9-8(11)10(15-7-14-9)13-5-3-4-6-16-2/h7H,3-6H2,1-2H3,(H2,12,13,14,15). The van der Waals surface area contributed by atoms with Crippen molar-refractivity contribution >= 4 is 27.6 Å². The predicted octanol–water partition coefficient (Wildman–Crippen LogP) is 2.12. The van der Waals surface area contributed by atoms with Crippen molar-refractivity contribution in [2.45, 2.75) is 12.8 Å². The first-order valence-electron chi connectivity index (χ1n) is 5.20. The lowest BCUT2D eigenvalue weighted by Crippen LogP contribution is -2.07. The number of rotatable bonds is 7. The molecular weight excluding hydrogens is 272 g/mol. The predicted molar refractivity (Wildman–Crippen MR) is 68.9 cm³/mol. The van der Waals surface area contributed by atoms with Crippen LogP contribution < -0.4 is 10.6 Å². The van der Waals surface area contributed by atoms with Crippen LogP contribution in [0.1, 0.15) is 12.8 Å². The van der Waals surface area contributed by atoms with E-state index >= 15 is 0 Å². The van der Waals surface area contributed by atoms with Gasteiger partial charge in [-0.2, -0.15) is 0 Å². The summed E-state index contributed by atoms with van der Waals surface area (Å²) in [4.78, 5) is 8.25. The van der Waals surface area contributed by atoms with Crippen LogP contribution in [-0.4, -0.2) is 37.3 Å². The van der Waals surface area contributed by atoms with Gasteiger partial charge in [0.05, 0.1) is 0 Å². The van der Waals surface area contributed by atoms with Crippen LogP contribution in [0.2, 0.25) is 0 Å². The van der Waals surface area contributed by atoms with Crippen LogP contribution in [0.3, 0.4) is 0 Å². The zero-order chi connectivity index (χ0) is 11.8. The van der Waals surface area contributed by atoms with Gasteiger partial charge >= 0.3 is 0 Å². The van der Waals surface area contributed by atoms with Gasteiger partial charge in [0.25, 0.3) is 0 Å². The fraction of sp³-hybridized carbons (Fsp3) is 0.600. The number of halogens is 1. The second-order valence-electron chi connectivity index (χ2n) is 3.26. The van der Waals surface area contributed by atoms with Gasteiger partial charge in [0, 0.05) is 27.3 Å². The minimum absolute atomic E-state index is 0.786. The Hall–Kier alpha value is -0.880. The SMILES string of the molecule is CNc1ncnc(NCCCCOC)c1Br. The van der Waals surface area contributed by atoms with Gasteiger partial charge in [-0.05, 0) is 28.8 Å². The monoisotopic (exact) mass is 288 g/mol. The van der Waals surface area contributed by atoms with E-state index in [9.17, 15) is 0 Å². The molecule has 6 heteroatoms. The number of anilines is 2. The Kier molecular flexibility index (Phi) is 6.10. The fourth-order valence-corrected chi connectivity index (χ4v) is 1.79. The average Bonchev–Trinajstić information content (AvgIpc) is 2.31. The Balaban J connectivity index is 2.41. The first kappa shape index (κ1) is 13.2. The molecule has 1 aromatic heterocycles. The van der Waals surface area contributed by atoms with E-state index in [1.807, 2.05) is 7.05 Å². The van der Waals surface area contributed by atoms with E-state index in [1.54, 1.807) is 7.11 Å². The van der Waals surface area contributed by atoms with E-state index in [-0.39, 0.29) is 0 Å². The Labute approximate surface area is 104 Å². The molecule has 0 aliphatic heterocycles. The zero-order valence-corrected chi connectivity index (χ0v) is 11.2. The van der Waals surface area contributed by atoms with Gasteiger partial charge in [-0.1, -0.05) is 0 Å². The third-order valence-corrected chi connectivity index (χ3v) is 2.85. The van der Waals surface area contributed by atoms with Crippen LogP contribution in [0.4, 0.5) is 11.6 Å². The molecule has 0 atom stereocenters. The maximum Gasteiger partial charge on any atom is 0.145 e. The fourth-order valence-electron chi connectivity index (χ4n) is 1.25. The third-order valence-electron chi connectivity index (χ3n) is 2.09. The van der Waals surface area contributed by atoms with E-state index in [0.717, 1.165) is 42.1 Å². The highest BCUT2D eigenvalue weighted by molar-refractivity contribution is 9.10. The third kappa shape index (κ3) is 3.94. The summed E-state index contributed by atoms with van der Waals surface area (Å²) in [7, 11) is 3.54. The summed E-state index contributed by atoms with van der Waals surface area (Å²) in [6.45, 7) is 1.68. The molecule has 5 nitrogen and oxygen atoms in total. The number of ether oxygens (including phenoxy) is 1. The number of hydrogen-bond acceptors (Lipinski definition) is 5. The highest BCUT2D eigenvalue weighted by Crippen LogP contribution is 2.25. The molecule has 0 saturated carbocycles. The smallest absolute Gasteiger partial charge is 0.145 e. The molecule has 1 heterocycles. The molecule has 0 radical (unpaired) electrons. The van der Waals surface area contributed by atoms with Gasteiger partial charge in [0.15, 0.2) is 0 Å². The maximum absolute atomic E-state index is 4.98. The van der Waals surface area contributed by atoms with Gasteiger partial charge < -0.3 is 15.4 Å². The lowest BCUT2D eigenvalue weighted by molar-refractivity contribution is 0.194. The van der Waals surface area contributed by atoms with Gasteiger partial charge in [-0.3, -0.25) is 0 Å². The molecule has 16 heavy (non-hydrogen) atoms. The van der Waals surface area contributed by atoms with Crippen LogP contribution in [0.5, 0.6) is 0 Å². The number of nitrogens with one attached hydrogen (secondary N) is 2. The lowest BCUT2D eigenvalue weighted by Gasteiger charge is -2.09. The van der Waals surface area contributed by atoms with Gasteiger partial charge in [-0.25, -0.2) is 9.97 Å². The molecule has 0 amide bonds. The summed E-state index contributed by atoms with van der Waals surface area (Å²) < 4.78 is 5.85. The van der Waals surface area contributed by atoms with Crippen molar-refractivity contribution in [3.8, 4) is 0 Å². The second-order valence-corrected chi connectivity index (χ2v) is 4.05. The lowest BCUT2D eigenvalue weighted by atomic mass is 10.3. The molecule has 0 aliphatic rings. The molecule has 0 aromatic carbocycles. The molecule has 0 fully saturated rings. The molecule has 0 spiro atoms. The summed E-state index contributed by atoms with van der Waals surface area (Å²) in [6.07, 6.45) is 3.64. The molecule has 0 saturated heterocycles. The van der Waals surface area contributed by atoms with Crippen molar-refractivity contribution in [1.82, 2.24) is 9.97 Å². The molecular formula is C10H17BrN4O. The van der Waals surface area contributed by atoms with Crippen molar-refractivity contribution in [2.24, 2.45) is 0 Å². The molecule has 0 bridgehead atoms.